The zero-order valence-electron chi connectivity index (χ0n) is 11.1. The summed E-state index contributed by atoms with van der Waals surface area (Å²) in [4.78, 5) is 11.9. The van der Waals surface area contributed by atoms with Crippen LogP contribution in [0.1, 0.15) is 11.6 Å². The van der Waals surface area contributed by atoms with E-state index in [-0.39, 0.29) is 5.02 Å². The monoisotopic (exact) mass is 311 g/mol. The molecule has 1 unspecified atom stereocenters. The van der Waals surface area contributed by atoms with E-state index in [1.165, 1.54) is 37.4 Å². The molecular formula is C15H12ClF2NO2. The van der Waals surface area contributed by atoms with Crippen molar-refractivity contribution in [3.8, 4) is 0 Å². The van der Waals surface area contributed by atoms with Gasteiger partial charge >= 0.3 is 5.97 Å². The first-order chi connectivity index (χ1) is 10.0. The predicted molar refractivity (Wildman–Crippen MR) is 76.2 cm³/mol. The third-order valence-electron chi connectivity index (χ3n) is 2.85. The molecule has 0 aromatic heterocycles. The predicted octanol–water partition coefficient (Wildman–Crippen LogP) is 3.94. The summed E-state index contributed by atoms with van der Waals surface area (Å²) in [6, 6.07) is 8.59. The fraction of sp³-hybridized carbons (Fsp3) is 0.133. The maximum Gasteiger partial charge on any atom is 0.332 e. The topological polar surface area (TPSA) is 38.3 Å². The fourth-order valence-electron chi connectivity index (χ4n) is 1.83. The van der Waals surface area contributed by atoms with Crippen LogP contribution in [0.2, 0.25) is 5.02 Å². The van der Waals surface area contributed by atoms with Crippen molar-refractivity contribution in [2.45, 2.75) is 6.04 Å². The molecule has 2 aromatic carbocycles. The lowest BCUT2D eigenvalue weighted by molar-refractivity contribution is -0.141. The highest BCUT2D eigenvalue weighted by atomic mass is 35.5. The molecule has 0 saturated carbocycles. The van der Waals surface area contributed by atoms with E-state index in [1.54, 1.807) is 6.07 Å². The van der Waals surface area contributed by atoms with E-state index < -0.39 is 23.6 Å². The third-order valence-corrected chi connectivity index (χ3v) is 3.16. The van der Waals surface area contributed by atoms with Crippen LogP contribution in [0.15, 0.2) is 42.5 Å². The van der Waals surface area contributed by atoms with Crippen LogP contribution < -0.4 is 5.32 Å². The summed E-state index contributed by atoms with van der Waals surface area (Å²) in [5, 5.41) is 2.76. The molecule has 0 heterocycles. The van der Waals surface area contributed by atoms with Crippen LogP contribution in [-0.2, 0) is 9.53 Å². The second-order valence-electron chi connectivity index (χ2n) is 4.28. The number of hydrogen-bond donors (Lipinski definition) is 1. The summed E-state index contributed by atoms with van der Waals surface area (Å²) in [6.45, 7) is 0. The summed E-state index contributed by atoms with van der Waals surface area (Å²) in [6.07, 6.45) is 0. The van der Waals surface area contributed by atoms with Crippen molar-refractivity contribution in [1.82, 2.24) is 0 Å². The molecule has 0 spiro atoms. The Morgan fingerprint density at radius 3 is 2.62 bits per heavy atom. The lowest BCUT2D eigenvalue weighted by Crippen LogP contribution is -2.22. The number of anilines is 1. The molecule has 1 atom stereocenters. The largest absolute Gasteiger partial charge is 0.467 e. The molecule has 21 heavy (non-hydrogen) atoms. The summed E-state index contributed by atoms with van der Waals surface area (Å²) >= 11 is 5.62. The van der Waals surface area contributed by atoms with Crippen LogP contribution >= 0.6 is 11.6 Å². The van der Waals surface area contributed by atoms with Gasteiger partial charge < -0.3 is 10.1 Å². The van der Waals surface area contributed by atoms with Crippen LogP contribution in [0, 0.1) is 11.6 Å². The summed E-state index contributed by atoms with van der Waals surface area (Å²) < 4.78 is 31.4. The van der Waals surface area contributed by atoms with Gasteiger partial charge in [0.15, 0.2) is 6.04 Å². The number of carbonyl (C=O) groups is 1. The number of ether oxygens (including phenoxy) is 1. The highest BCUT2D eigenvalue weighted by molar-refractivity contribution is 6.30. The maximum atomic E-state index is 13.5. The summed E-state index contributed by atoms with van der Waals surface area (Å²) in [7, 11) is 1.22. The zero-order chi connectivity index (χ0) is 15.4. The van der Waals surface area contributed by atoms with Gasteiger partial charge in [0.1, 0.15) is 11.6 Å². The van der Waals surface area contributed by atoms with E-state index >= 15 is 0 Å². The van der Waals surface area contributed by atoms with E-state index in [4.69, 9.17) is 11.6 Å². The van der Waals surface area contributed by atoms with Crippen molar-refractivity contribution >= 4 is 23.3 Å². The number of benzene rings is 2. The molecular weight excluding hydrogens is 300 g/mol. The molecule has 3 nitrogen and oxygen atoms in total. The first kappa shape index (κ1) is 15.3. The SMILES string of the molecule is COC(=O)C(Nc1cccc(F)c1)c1ccc(Cl)c(F)c1. The van der Waals surface area contributed by atoms with Crippen molar-refractivity contribution in [2.24, 2.45) is 0 Å². The molecule has 1 N–H and O–H groups in total. The minimum Gasteiger partial charge on any atom is -0.467 e. The van der Waals surface area contributed by atoms with Crippen LogP contribution in [0.25, 0.3) is 0 Å². The lowest BCUT2D eigenvalue weighted by atomic mass is 10.1. The summed E-state index contributed by atoms with van der Waals surface area (Å²) in [5.74, 6) is -1.73. The molecule has 2 aromatic rings. The number of nitrogens with one attached hydrogen (secondary N) is 1. The minimum atomic E-state index is -0.969. The van der Waals surface area contributed by atoms with Gasteiger partial charge in [-0.05, 0) is 35.9 Å². The van der Waals surface area contributed by atoms with E-state index in [2.05, 4.69) is 10.1 Å². The Balaban J connectivity index is 2.34. The van der Waals surface area contributed by atoms with E-state index in [1.807, 2.05) is 0 Å². The first-order valence-electron chi connectivity index (χ1n) is 6.06. The molecule has 0 aliphatic heterocycles. The number of methoxy groups -OCH3 is 1. The Hall–Kier alpha value is -2.14. The van der Waals surface area contributed by atoms with Gasteiger partial charge in [-0.15, -0.1) is 0 Å². The quantitative estimate of drug-likeness (QED) is 0.869. The third kappa shape index (κ3) is 3.70. The Kier molecular flexibility index (Phi) is 4.75. The van der Waals surface area contributed by atoms with Crippen molar-refractivity contribution in [1.29, 1.82) is 0 Å². The second-order valence-corrected chi connectivity index (χ2v) is 4.69. The van der Waals surface area contributed by atoms with Crippen LogP contribution in [0.5, 0.6) is 0 Å². The van der Waals surface area contributed by atoms with Crippen LogP contribution in [0.4, 0.5) is 14.5 Å². The van der Waals surface area contributed by atoms with E-state index in [9.17, 15) is 13.6 Å². The molecule has 2 rings (SSSR count). The number of esters is 1. The maximum absolute atomic E-state index is 13.5. The molecule has 0 fully saturated rings. The average molecular weight is 312 g/mol. The second kappa shape index (κ2) is 6.54. The molecule has 0 aliphatic rings. The van der Waals surface area contributed by atoms with Gasteiger partial charge in [-0.1, -0.05) is 23.7 Å². The molecule has 0 aliphatic carbocycles. The van der Waals surface area contributed by atoms with Gasteiger partial charge in [0, 0.05) is 5.69 Å². The van der Waals surface area contributed by atoms with E-state index in [0.717, 1.165) is 6.07 Å². The molecule has 0 saturated heterocycles. The van der Waals surface area contributed by atoms with Gasteiger partial charge in [-0.2, -0.15) is 0 Å². The Morgan fingerprint density at radius 1 is 1.24 bits per heavy atom. The van der Waals surface area contributed by atoms with Gasteiger partial charge in [0.2, 0.25) is 0 Å². The van der Waals surface area contributed by atoms with Gasteiger partial charge in [0.05, 0.1) is 12.1 Å². The van der Waals surface area contributed by atoms with Crippen LogP contribution in [-0.4, -0.2) is 13.1 Å². The Labute approximate surface area is 125 Å². The number of hydrogen-bond acceptors (Lipinski definition) is 3. The highest BCUT2D eigenvalue weighted by Crippen LogP contribution is 2.25. The molecule has 0 amide bonds. The fourth-order valence-corrected chi connectivity index (χ4v) is 1.95. The van der Waals surface area contributed by atoms with Crippen molar-refractivity contribution in [3.63, 3.8) is 0 Å². The average Bonchev–Trinajstić information content (AvgIpc) is 2.47. The van der Waals surface area contributed by atoms with Gasteiger partial charge in [-0.3, -0.25) is 0 Å². The molecule has 110 valence electrons. The smallest absolute Gasteiger partial charge is 0.332 e. The number of halogens is 3. The zero-order valence-corrected chi connectivity index (χ0v) is 11.8. The standard InChI is InChI=1S/C15H12ClF2NO2/c1-21-15(20)14(9-5-6-12(16)13(18)7-9)19-11-4-2-3-10(17)8-11/h2-8,14,19H,1H3. The van der Waals surface area contributed by atoms with Gasteiger partial charge in [0.25, 0.3) is 0 Å². The van der Waals surface area contributed by atoms with Crippen molar-refractivity contribution in [2.75, 3.05) is 12.4 Å². The highest BCUT2D eigenvalue weighted by Gasteiger charge is 2.22. The van der Waals surface area contributed by atoms with Crippen molar-refractivity contribution in [3.05, 3.63) is 64.7 Å². The molecule has 6 heteroatoms. The molecule has 0 bridgehead atoms. The molecule has 0 radical (unpaired) electrons. The van der Waals surface area contributed by atoms with Crippen LogP contribution in [0.3, 0.4) is 0 Å². The first-order valence-corrected chi connectivity index (χ1v) is 6.44. The van der Waals surface area contributed by atoms with Crippen molar-refractivity contribution < 1.29 is 18.3 Å². The summed E-state index contributed by atoms with van der Waals surface area (Å²) in [5.41, 5.74) is 0.703. The number of rotatable bonds is 4. The normalized spacial score (nSPS) is 11.8. The van der Waals surface area contributed by atoms with E-state index in [0.29, 0.717) is 11.3 Å². The van der Waals surface area contributed by atoms with Gasteiger partial charge in [-0.25, -0.2) is 13.6 Å². The minimum absolute atomic E-state index is 0.0480. The Morgan fingerprint density at radius 2 is 2.00 bits per heavy atom. The Bertz CT molecular complexity index is 664. The lowest BCUT2D eigenvalue weighted by Gasteiger charge is -2.18. The number of carbonyl (C=O) groups excluding carboxylic acids is 1.